The molecule has 1 saturated heterocycles. The van der Waals surface area contributed by atoms with Crippen molar-refractivity contribution in [2.75, 3.05) is 25.0 Å². The Labute approximate surface area is 157 Å². The van der Waals surface area contributed by atoms with Crippen molar-refractivity contribution in [1.82, 2.24) is 20.2 Å². The van der Waals surface area contributed by atoms with Crippen LogP contribution >= 0.6 is 11.3 Å². The Hall–Kier alpha value is -2.03. The standard InChI is InChI=1S/C18H25N5O2S/c1-3-19-18(25)13-4-5-17(20-8-13)22-15-6-7-23(10-16(15)24)9-14-11-26-12(2)21-14/h4-5,8,11,15-16,24H,3,6-7,9-10H2,1-2H3,(H,19,25)(H,20,22)/t15-,16-/m1/s1. The minimum Gasteiger partial charge on any atom is -0.390 e. The molecule has 140 valence electrons. The fraction of sp³-hybridized carbons (Fsp3) is 0.500. The second-order valence-electron chi connectivity index (χ2n) is 6.49. The van der Waals surface area contributed by atoms with Crippen LogP contribution in [0.25, 0.3) is 0 Å². The van der Waals surface area contributed by atoms with E-state index >= 15 is 0 Å². The lowest BCUT2D eigenvalue weighted by atomic mass is 10.0. The van der Waals surface area contributed by atoms with Gasteiger partial charge >= 0.3 is 0 Å². The first kappa shape index (κ1) is 18.8. The van der Waals surface area contributed by atoms with Crippen LogP contribution in [0.1, 0.15) is 34.4 Å². The molecule has 0 saturated carbocycles. The number of piperidine rings is 1. The SMILES string of the molecule is CCNC(=O)c1ccc(N[C@@H]2CCN(Cc3csc(C)n3)C[C@H]2O)nc1. The molecule has 26 heavy (non-hydrogen) atoms. The smallest absolute Gasteiger partial charge is 0.252 e. The first-order valence-electron chi connectivity index (χ1n) is 8.87. The number of aliphatic hydroxyl groups is 1. The van der Waals surface area contributed by atoms with Gasteiger partial charge in [-0.3, -0.25) is 9.69 Å². The van der Waals surface area contributed by atoms with Gasteiger partial charge in [0.05, 0.1) is 28.4 Å². The van der Waals surface area contributed by atoms with Crippen LogP contribution in [0.3, 0.4) is 0 Å². The highest BCUT2D eigenvalue weighted by Gasteiger charge is 2.28. The van der Waals surface area contributed by atoms with Crippen LogP contribution in [0.5, 0.6) is 0 Å². The number of pyridine rings is 1. The number of carbonyl (C=O) groups is 1. The first-order chi connectivity index (χ1) is 12.5. The lowest BCUT2D eigenvalue weighted by Gasteiger charge is -2.36. The molecule has 0 unspecified atom stereocenters. The summed E-state index contributed by atoms with van der Waals surface area (Å²) in [6.45, 7) is 6.74. The van der Waals surface area contributed by atoms with Gasteiger partial charge in [-0.05, 0) is 32.4 Å². The molecular weight excluding hydrogens is 350 g/mol. The first-order valence-corrected chi connectivity index (χ1v) is 9.75. The summed E-state index contributed by atoms with van der Waals surface area (Å²) in [6, 6.07) is 3.47. The van der Waals surface area contributed by atoms with Gasteiger partial charge in [0, 0.05) is 37.8 Å². The van der Waals surface area contributed by atoms with Crippen LogP contribution in [0.2, 0.25) is 0 Å². The van der Waals surface area contributed by atoms with Crippen molar-refractivity contribution < 1.29 is 9.90 Å². The van der Waals surface area contributed by atoms with E-state index in [1.807, 2.05) is 13.8 Å². The molecule has 8 heteroatoms. The molecule has 2 aromatic rings. The normalized spacial score (nSPS) is 20.7. The number of rotatable bonds is 6. The maximum atomic E-state index is 11.8. The van der Waals surface area contributed by atoms with E-state index in [9.17, 15) is 9.90 Å². The Bertz CT molecular complexity index is 733. The van der Waals surface area contributed by atoms with E-state index in [0.29, 0.717) is 24.5 Å². The fourth-order valence-electron chi connectivity index (χ4n) is 3.09. The second kappa shape index (κ2) is 8.57. The van der Waals surface area contributed by atoms with E-state index in [-0.39, 0.29) is 11.9 Å². The fourth-order valence-corrected chi connectivity index (χ4v) is 3.69. The number of anilines is 1. The maximum Gasteiger partial charge on any atom is 0.252 e. The number of thiazole rings is 1. The second-order valence-corrected chi connectivity index (χ2v) is 7.55. The number of nitrogens with one attached hydrogen (secondary N) is 2. The minimum absolute atomic E-state index is 0.0498. The molecule has 1 amide bonds. The number of carbonyl (C=O) groups excluding carboxylic acids is 1. The molecule has 7 nitrogen and oxygen atoms in total. The van der Waals surface area contributed by atoms with Gasteiger partial charge in [-0.25, -0.2) is 9.97 Å². The van der Waals surface area contributed by atoms with Crippen molar-refractivity contribution in [2.45, 2.75) is 39.0 Å². The zero-order valence-electron chi connectivity index (χ0n) is 15.1. The number of amides is 1. The lowest BCUT2D eigenvalue weighted by Crippen LogP contribution is -2.49. The van der Waals surface area contributed by atoms with Crippen molar-refractivity contribution in [1.29, 1.82) is 0 Å². The van der Waals surface area contributed by atoms with Gasteiger partial charge in [-0.15, -0.1) is 11.3 Å². The topological polar surface area (TPSA) is 90.4 Å². The molecule has 2 aromatic heterocycles. The Morgan fingerprint density at radius 2 is 2.31 bits per heavy atom. The van der Waals surface area contributed by atoms with Gasteiger partial charge in [0.2, 0.25) is 0 Å². The molecule has 1 fully saturated rings. The van der Waals surface area contributed by atoms with Gasteiger partial charge in [0.25, 0.3) is 5.91 Å². The molecule has 0 bridgehead atoms. The Kier molecular flexibility index (Phi) is 6.18. The van der Waals surface area contributed by atoms with Gasteiger partial charge in [-0.2, -0.15) is 0 Å². The molecule has 0 aliphatic carbocycles. The molecular formula is C18H25N5O2S. The van der Waals surface area contributed by atoms with Crippen molar-refractivity contribution >= 4 is 23.1 Å². The summed E-state index contributed by atoms with van der Waals surface area (Å²) < 4.78 is 0. The van der Waals surface area contributed by atoms with E-state index in [4.69, 9.17) is 0 Å². The maximum absolute atomic E-state index is 11.8. The molecule has 3 rings (SSSR count). The molecule has 0 radical (unpaired) electrons. The number of hydrogen-bond acceptors (Lipinski definition) is 7. The summed E-state index contributed by atoms with van der Waals surface area (Å²) in [5, 5.41) is 19.7. The highest BCUT2D eigenvalue weighted by atomic mass is 32.1. The number of β-amino-alcohol motifs (C(OH)–C–C–N with tert-alkyl or cyclic N) is 1. The van der Waals surface area contributed by atoms with Crippen molar-refractivity contribution in [3.8, 4) is 0 Å². The van der Waals surface area contributed by atoms with E-state index in [2.05, 4.69) is 30.9 Å². The number of likely N-dealkylation sites (tertiary alicyclic amines) is 1. The highest BCUT2D eigenvalue weighted by molar-refractivity contribution is 7.09. The van der Waals surface area contributed by atoms with Crippen LogP contribution in [0.15, 0.2) is 23.7 Å². The van der Waals surface area contributed by atoms with E-state index in [1.165, 1.54) is 0 Å². The number of aromatic nitrogens is 2. The Balaban J connectivity index is 1.52. The average Bonchev–Trinajstić information content (AvgIpc) is 3.03. The van der Waals surface area contributed by atoms with Crippen LogP contribution in [0, 0.1) is 6.92 Å². The largest absolute Gasteiger partial charge is 0.390 e. The quantitative estimate of drug-likeness (QED) is 0.711. The van der Waals surface area contributed by atoms with Crippen LogP contribution in [-0.4, -0.2) is 57.7 Å². The summed E-state index contributed by atoms with van der Waals surface area (Å²) in [5.41, 5.74) is 1.60. The molecule has 2 atom stereocenters. The molecule has 3 heterocycles. The predicted molar refractivity (Wildman–Crippen MR) is 102 cm³/mol. The molecule has 1 aliphatic heterocycles. The zero-order chi connectivity index (χ0) is 18.5. The van der Waals surface area contributed by atoms with Crippen molar-refractivity contribution in [2.24, 2.45) is 0 Å². The zero-order valence-corrected chi connectivity index (χ0v) is 15.9. The van der Waals surface area contributed by atoms with Crippen molar-refractivity contribution in [3.63, 3.8) is 0 Å². The molecule has 0 aromatic carbocycles. The summed E-state index contributed by atoms with van der Waals surface area (Å²) in [5.74, 6) is 0.544. The Morgan fingerprint density at radius 3 is 2.92 bits per heavy atom. The number of aliphatic hydroxyl groups excluding tert-OH is 1. The van der Waals surface area contributed by atoms with Crippen LogP contribution in [-0.2, 0) is 6.54 Å². The van der Waals surface area contributed by atoms with Crippen molar-refractivity contribution in [3.05, 3.63) is 40.0 Å². The summed E-state index contributed by atoms with van der Waals surface area (Å²) >= 11 is 1.65. The molecule has 0 spiro atoms. The van der Waals surface area contributed by atoms with Crippen LogP contribution in [0.4, 0.5) is 5.82 Å². The van der Waals surface area contributed by atoms with Gasteiger partial charge in [-0.1, -0.05) is 0 Å². The number of hydrogen-bond donors (Lipinski definition) is 3. The predicted octanol–water partition coefficient (Wildman–Crippen LogP) is 1.64. The van der Waals surface area contributed by atoms with Gasteiger partial charge < -0.3 is 15.7 Å². The summed E-state index contributed by atoms with van der Waals surface area (Å²) in [6.07, 6.45) is 1.90. The summed E-state index contributed by atoms with van der Waals surface area (Å²) in [4.78, 5) is 22.8. The summed E-state index contributed by atoms with van der Waals surface area (Å²) in [7, 11) is 0. The lowest BCUT2D eigenvalue weighted by molar-refractivity contribution is 0.0555. The average molecular weight is 375 g/mol. The monoisotopic (exact) mass is 375 g/mol. The van der Waals surface area contributed by atoms with E-state index in [1.54, 1.807) is 29.7 Å². The van der Waals surface area contributed by atoms with Crippen LogP contribution < -0.4 is 10.6 Å². The molecule has 1 aliphatic rings. The number of nitrogens with zero attached hydrogens (tertiary/aromatic N) is 3. The third kappa shape index (κ3) is 4.78. The Morgan fingerprint density at radius 1 is 1.46 bits per heavy atom. The minimum atomic E-state index is -0.478. The third-order valence-electron chi connectivity index (χ3n) is 4.41. The molecule has 3 N–H and O–H groups in total. The highest BCUT2D eigenvalue weighted by Crippen LogP contribution is 2.19. The number of aryl methyl sites for hydroxylation is 1. The van der Waals surface area contributed by atoms with Gasteiger partial charge in [0.15, 0.2) is 0 Å². The third-order valence-corrected chi connectivity index (χ3v) is 5.24. The van der Waals surface area contributed by atoms with Gasteiger partial charge in [0.1, 0.15) is 5.82 Å². The van der Waals surface area contributed by atoms with E-state index in [0.717, 1.165) is 30.2 Å². The van der Waals surface area contributed by atoms with E-state index < -0.39 is 6.10 Å².